The fourth-order valence-corrected chi connectivity index (χ4v) is 3.07. The fraction of sp³-hybridized carbons (Fsp3) is 0.471. The molecule has 1 aliphatic rings. The van der Waals surface area contributed by atoms with Gasteiger partial charge >= 0.3 is 0 Å². The van der Waals surface area contributed by atoms with E-state index in [0.29, 0.717) is 6.04 Å². The monoisotopic (exact) mass is 305 g/mol. The maximum Gasteiger partial charge on any atom is 0.0702 e. The second-order valence-corrected chi connectivity index (χ2v) is 5.65. The largest absolute Gasteiger partial charge is 0.315 e. The van der Waals surface area contributed by atoms with Gasteiger partial charge in [0.2, 0.25) is 0 Å². The third-order valence-electron chi connectivity index (χ3n) is 4.09. The molecule has 1 aromatic heterocycles. The lowest BCUT2D eigenvalue weighted by Crippen LogP contribution is -2.36. The zero-order chi connectivity index (χ0) is 13.8. The highest BCUT2D eigenvalue weighted by molar-refractivity contribution is 5.85. The molecule has 3 rings (SSSR count). The minimum atomic E-state index is 0. The molecule has 0 spiro atoms. The highest BCUT2D eigenvalue weighted by atomic mass is 35.5. The van der Waals surface area contributed by atoms with Crippen molar-refractivity contribution in [3.8, 4) is 0 Å². The highest BCUT2D eigenvalue weighted by Gasteiger charge is 2.21. The Balaban J connectivity index is 0.00000161. The van der Waals surface area contributed by atoms with Crippen molar-refractivity contribution in [1.82, 2.24) is 15.2 Å². The second kappa shape index (κ2) is 7.74. The SMILES string of the molecule is CCCN(Cc1cnc2ccccc2c1)C1CCNC1.Cl. The van der Waals surface area contributed by atoms with Crippen LogP contribution in [0, 0.1) is 0 Å². The maximum absolute atomic E-state index is 4.58. The third kappa shape index (κ3) is 3.94. The van der Waals surface area contributed by atoms with Gasteiger partial charge in [0, 0.05) is 30.7 Å². The van der Waals surface area contributed by atoms with Crippen LogP contribution >= 0.6 is 12.4 Å². The quantitative estimate of drug-likeness (QED) is 0.919. The summed E-state index contributed by atoms with van der Waals surface area (Å²) in [6.45, 7) is 6.72. The van der Waals surface area contributed by atoms with Crippen LogP contribution in [0.1, 0.15) is 25.3 Å². The number of rotatable bonds is 5. The lowest BCUT2D eigenvalue weighted by Gasteiger charge is -2.28. The summed E-state index contributed by atoms with van der Waals surface area (Å²) in [6, 6.07) is 11.3. The minimum Gasteiger partial charge on any atom is -0.315 e. The third-order valence-corrected chi connectivity index (χ3v) is 4.09. The van der Waals surface area contributed by atoms with Crippen LogP contribution in [-0.4, -0.2) is 35.6 Å². The predicted octanol–water partition coefficient (Wildman–Crippen LogP) is 3.23. The summed E-state index contributed by atoms with van der Waals surface area (Å²) in [5, 5.41) is 4.71. The van der Waals surface area contributed by atoms with E-state index in [0.717, 1.165) is 25.2 Å². The van der Waals surface area contributed by atoms with Crippen molar-refractivity contribution < 1.29 is 0 Å². The molecule has 3 nitrogen and oxygen atoms in total. The molecule has 1 aromatic carbocycles. The Morgan fingerprint density at radius 1 is 1.33 bits per heavy atom. The highest BCUT2D eigenvalue weighted by Crippen LogP contribution is 2.17. The predicted molar refractivity (Wildman–Crippen MR) is 91.0 cm³/mol. The molecular weight excluding hydrogens is 282 g/mol. The van der Waals surface area contributed by atoms with Crippen LogP contribution in [0.15, 0.2) is 36.5 Å². The first-order valence-electron chi connectivity index (χ1n) is 7.65. The van der Waals surface area contributed by atoms with Crippen LogP contribution in [0.4, 0.5) is 0 Å². The molecule has 2 heterocycles. The fourth-order valence-electron chi connectivity index (χ4n) is 3.07. The lowest BCUT2D eigenvalue weighted by molar-refractivity contribution is 0.199. The van der Waals surface area contributed by atoms with Crippen molar-refractivity contribution in [2.24, 2.45) is 0 Å². The molecule has 114 valence electrons. The summed E-state index contributed by atoms with van der Waals surface area (Å²) in [7, 11) is 0. The van der Waals surface area contributed by atoms with Crippen molar-refractivity contribution >= 4 is 23.3 Å². The van der Waals surface area contributed by atoms with E-state index in [2.05, 4.69) is 46.4 Å². The summed E-state index contributed by atoms with van der Waals surface area (Å²) in [4.78, 5) is 7.18. The van der Waals surface area contributed by atoms with E-state index in [1.165, 1.54) is 30.3 Å². The number of aromatic nitrogens is 1. The number of pyridine rings is 1. The molecule has 0 radical (unpaired) electrons. The molecule has 21 heavy (non-hydrogen) atoms. The van der Waals surface area contributed by atoms with Gasteiger partial charge in [-0.2, -0.15) is 0 Å². The average Bonchev–Trinajstić information content (AvgIpc) is 3.01. The zero-order valence-electron chi connectivity index (χ0n) is 12.6. The number of hydrogen-bond donors (Lipinski definition) is 1. The van der Waals surface area contributed by atoms with E-state index in [-0.39, 0.29) is 12.4 Å². The Labute approximate surface area is 133 Å². The van der Waals surface area contributed by atoms with Gasteiger partial charge < -0.3 is 5.32 Å². The number of hydrogen-bond acceptors (Lipinski definition) is 3. The topological polar surface area (TPSA) is 28.2 Å². The normalized spacial score (nSPS) is 18.1. The van der Waals surface area contributed by atoms with Crippen molar-refractivity contribution in [2.75, 3.05) is 19.6 Å². The van der Waals surface area contributed by atoms with Gasteiger partial charge in [-0.05, 0) is 43.6 Å². The molecule has 4 heteroatoms. The number of benzene rings is 1. The van der Waals surface area contributed by atoms with Crippen LogP contribution in [0.3, 0.4) is 0 Å². The standard InChI is InChI=1S/C17H23N3.ClH/c1-2-9-20(16-7-8-18-12-16)13-14-10-15-5-3-4-6-17(15)19-11-14;/h3-6,10-11,16,18H,2,7-9,12-13H2,1H3;1H. The van der Waals surface area contributed by atoms with Gasteiger partial charge in [-0.3, -0.25) is 9.88 Å². The van der Waals surface area contributed by atoms with Crippen molar-refractivity contribution in [2.45, 2.75) is 32.4 Å². The van der Waals surface area contributed by atoms with Crippen molar-refractivity contribution in [3.63, 3.8) is 0 Å². The van der Waals surface area contributed by atoms with Gasteiger partial charge in [0.05, 0.1) is 5.52 Å². The zero-order valence-corrected chi connectivity index (χ0v) is 13.4. The molecule has 1 atom stereocenters. The number of nitrogens with zero attached hydrogens (tertiary/aromatic N) is 2. The van der Waals surface area contributed by atoms with Crippen LogP contribution < -0.4 is 5.32 Å². The van der Waals surface area contributed by atoms with Gasteiger partial charge in [-0.1, -0.05) is 25.1 Å². The maximum atomic E-state index is 4.58. The summed E-state index contributed by atoms with van der Waals surface area (Å²) in [5.41, 5.74) is 2.41. The van der Waals surface area contributed by atoms with Crippen LogP contribution in [0.5, 0.6) is 0 Å². The molecule has 1 unspecified atom stereocenters. The number of para-hydroxylation sites is 1. The Bertz CT molecular complexity index is 567. The molecular formula is C17H24ClN3. The van der Waals surface area contributed by atoms with E-state index in [4.69, 9.17) is 0 Å². The second-order valence-electron chi connectivity index (χ2n) is 5.65. The Hall–Kier alpha value is -1.16. The Morgan fingerprint density at radius 2 is 2.19 bits per heavy atom. The lowest BCUT2D eigenvalue weighted by atomic mass is 10.1. The van der Waals surface area contributed by atoms with E-state index in [1.54, 1.807) is 0 Å². The average molecular weight is 306 g/mol. The molecule has 1 aliphatic heterocycles. The van der Waals surface area contributed by atoms with Crippen LogP contribution in [0.2, 0.25) is 0 Å². The van der Waals surface area contributed by atoms with Gasteiger partial charge in [-0.15, -0.1) is 12.4 Å². The smallest absolute Gasteiger partial charge is 0.0702 e. The van der Waals surface area contributed by atoms with Gasteiger partial charge in [0.1, 0.15) is 0 Å². The number of halogens is 1. The van der Waals surface area contributed by atoms with Gasteiger partial charge in [-0.25, -0.2) is 0 Å². The molecule has 0 bridgehead atoms. The van der Waals surface area contributed by atoms with E-state index < -0.39 is 0 Å². The number of nitrogens with one attached hydrogen (secondary N) is 1. The Morgan fingerprint density at radius 3 is 2.95 bits per heavy atom. The summed E-state index contributed by atoms with van der Waals surface area (Å²) >= 11 is 0. The Kier molecular flexibility index (Phi) is 5.97. The number of fused-ring (bicyclic) bond motifs is 1. The molecule has 1 saturated heterocycles. The first-order chi connectivity index (χ1) is 9.86. The van der Waals surface area contributed by atoms with Crippen molar-refractivity contribution in [1.29, 1.82) is 0 Å². The van der Waals surface area contributed by atoms with Gasteiger partial charge in [0.15, 0.2) is 0 Å². The van der Waals surface area contributed by atoms with E-state index in [9.17, 15) is 0 Å². The first kappa shape index (κ1) is 16.2. The van der Waals surface area contributed by atoms with Gasteiger partial charge in [0.25, 0.3) is 0 Å². The molecule has 2 aromatic rings. The van der Waals surface area contributed by atoms with Crippen molar-refractivity contribution in [3.05, 3.63) is 42.1 Å². The summed E-state index contributed by atoms with van der Waals surface area (Å²) < 4.78 is 0. The van der Waals surface area contributed by atoms with Crippen LogP contribution in [0.25, 0.3) is 10.9 Å². The molecule has 0 saturated carbocycles. The first-order valence-corrected chi connectivity index (χ1v) is 7.65. The van der Waals surface area contributed by atoms with E-state index in [1.807, 2.05) is 12.3 Å². The molecule has 0 amide bonds. The van der Waals surface area contributed by atoms with Crippen LogP contribution in [-0.2, 0) is 6.54 Å². The molecule has 1 N–H and O–H groups in total. The van der Waals surface area contributed by atoms with E-state index >= 15 is 0 Å². The molecule has 0 aliphatic carbocycles. The molecule has 1 fully saturated rings. The minimum absolute atomic E-state index is 0. The summed E-state index contributed by atoms with van der Waals surface area (Å²) in [5.74, 6) is 0. The summed E-state index contributed by atoms with van der Waals surface area (Å²) in [6.07, 6.45) is 4.51.